The second-order valence-corrected chi connectivity index (χ2v) is 16.4. The predicted octanol–water partition coefficient (Wildman–Crippen LogP) is 15.9. The molecule has 0 amide bonds. The number of anilines is 3. The first-order valence-electron chi connectivity index (χ1n) is 21.8. The molecule has 0 heterocycles. The molecular weight excluding hydrogens is 751 g/mol. The van der Waals surface area contributed by atoms with Crippen molar-refractivity contribution in [3.63, 3.8) is 0 Å². The van der Waals surface area contributed by atoms with Gasteiger partial charge in [0.1, 0.15) is 12.4 Å². The standard InChI is InChI=1S/C60H49NO/c1-3-43(2)45-25-23-44(24-26-45)42-62-55-38-31-51(32-39-55)60(50-19-11-6-12-20-50)58-22-14-13-21-56(58)57-40-37-54(41-59(57)60)61(52-33-27-48(28-34-52)46-15-7-4-8-16-46)53-35-29-49(30-36-53)47-17-9-5-10-18-47/h4-41,43H,3,42H2,1-2H3. The van der Waals surface area contributed by atoms with E-state index < -0.39 is 5.41 Å². The fraction of sp³-hybridized carbons (Fsp3) is 0.100. The van der Waals surface area contributed by atoms with Gasteiger partial charge >= 0.3 is 0 Å². The van der Waals surface area contributed by atoms with Crippen LogP contribution in [0.25, 0.3) is 33.4 Å². The Balaban J connectivity index is 1.09. The van der Waals surface area contributed by atoms with Gasteiger partial charge < -0.3 is 9.64 Å². The Hall–Kier alpha value is -7.42. The van der Waals surface area contributed by atoms with Crippen LogP contribution in [0.5, 0.6) is 5.75 Å². The van der Waals surface area contributed by atoms with Crippen LogP contribution in [0.2, 0.25) is 0 Å². The molecule has 0 radical (unpaired) electrons. The molecule has 0 bridgehead atoms. The van der Waals surface area contributed by atoms with Gasteiger partial charge in [-0.2, -0.15) is 0 Å². The topological polar surface area (TPSA) is 12.5 Å². The molecule has 62 heavy (non-hydrogen) atoms. The van der Waals surface area contributed by atoms with E-state index in [-0.39, 0.29) is 0 Å². The van der Waals surface area contributed by atoms with E-state index in [9.17, 15) is 0 Å². The number of benzene rings is 9. The molecular formula is C60H49NO. The normalized spacial score (nSPS) is 14.4. The largest absolute Gasteiger partial charge is 0.489 e. The van der Waals surface area contributed by atoms with E-state index in [1.807, 2.05) is 0 Å². The summed E-state index contributed by atoms with van der Waals surface area (Å²) in [5.74, 6) is 1.41. The highest BCUT2D eigenvalue weighted by Crippen LogP contribution is 2.57. The first kappa shape index (κ1) is 38.8. The molecule has 2 heteroatoms. The zero-order valence-electron chi connectivity index (χ0n) is 35.3. The van der Waals surface area contributed by atoms with E-state index in [4.69, 9.17) is 4.74 Å². The quantitative estimate of drug-likeness (QED) is 0.122. The summed E-state index contributed by atoms with van der Waals surface area (Å²) in [7, 11) is 0. The van der Waals surface area contributed by atoms with Gasteiger partial charge in [0.05, 0.1) is 5.41 Å². The van der Waals surface area contributed by atoms with Crippen LogP contribution in [-0.2, 0) is 12.0 Å². The Bertz CT molecular complexity index is 2820. The van der Waals surface area contributed by atoms with Crippen LogP contribution in [0.3, 0.4) is 0 Å². The number of nitrogens with zero attached hydrogens (tertiary/aromatic N) is 1. The molecule has 10 rings (SSSR count). The van der Waals surface area contributed by atoms with Gasteiger partial charge in [-0.1, -0.05) is 196 Å². The first-order valence-corrected chi connectivity index (χ1v) is 21.8. The molecule has 9 aromatic rings. The smallest absolute Gasteiger partial charge is 0.119 e. The summed E-state index contributed by atoms with van der Waals surface area (Å²) in [5.41, 5.74) is 17.5. The molecule has 0 saturated heterocycles. The lowest BCUT2D eigenvalue weighted by Crippen LogP contribution is -2.28. The van der Waals surface area contributed by atoms with Crippen LogP contribution in [0.1, 0.15) is 59.6 Å². The first-order chi connectivity index (χ1) is 30.6. The summed E-state index contributed by atoms with van der Waals surface area (Å²) in [6, 6.07) is 83.9. The van der Waals surface area contributed by atoms with Gasteiger partial charge in [-0.25, -0.2) is 0 Å². The molecule has 2 unspecified atom stereocenters. The number of hydrogen-bond acceptors (Lipinski definition) is 2. The van der Waals surface area contributed by atoms with Crippen molar-refractivity contribution in [2.24, 2.45) is 0 Å². The average molecular weight is 800 g/mol. The molecule has 0 saturated carbocycles. The maximum Gasteiger partial charge on any atom is 0.119 e. The highest BCUT2D eigenvalue weighted by molar-refractivity contribution is 5.90. The van der Waals surface area contributed by atoms with Gasteiger partial charge in [-0.05, 0) is 128 Å². The number of rotatable bonds is 12. The molecule has 0 N–H and O–H groups in total. The molecule has 1 aliphatic carbocycles. The van der Waals surface area contributed by atoms with Gasteiger partial charge in [0.15, 0.2) is 0 Å². The average Bonchev–Trinajstić information content (AvgIpc) is 3.65. The van der Waals surface area contributed by atoms with E-state index in [0.717, 1.165) is 29.2 Å². The Labute approximate surface area is 366 Å². The summed E-state index contributed by atoms with van der Waals surface area (Å²) in [6.07, 6.45) is 1.13. The van der Waals surface area contributed by atoms with Gasteiger partial charge in [0.2, 0.25) is 0 Å². The van der Waals surface area contributed by atoms with E-state index >= 15 is 0 Å². The minimum Gasteiger partial charge on any atom is -0.489 e. The number of fused-ring (bicyclic) bond motifs is 3. The van der Waals surface area contributed by atoms with E-state index in [0.29, 0.717) is 12.5 Å². The van der Waals surface area contributed by atoms with Crippen LogP contribution in [-0.4, -0.2) is 0 Å². The Kier molecular flexibility index (Phi) is 10.6. The van der Waals surface area contributed by atoms with Crippen molar-refractivity contribution >= 4 is 17.1 Å². The van der Waals surface area contributed by atoms with Crippen LogP contribution < -0.4 is 9.64 Å². The van der Waals surface area contributed by atoms with Crippen molar-refractivity contribution in [1.29, 1.82) is 0 Å². The highest BCUT2D eigenvalue weighted by atomic mass is 16.5. The minimum atomic E-state index is -0.576. The second kappa shape index (κ2) is 16.9. The molecule has 0 aliphatic heterocycles. The van der Waals surface area contributed by atoms with E-state index in [1.165, 1.54) is 66.8 Å². The van der Waals surface area contributed by atoms with Crippen molar-refractivity contribution in [1.82, 2.24) is 0 Å². The van der Waals surface area contributed by atoms with Crippen LogP contribution in [0.15, 0.2) is 231 Å². The fourth-order valence-electron chi connectivity index (χ4n) is 9.34. The predicted molar refractivity (Wildman–Crippen MR) is 259 cm³/mol. The lowest BCUT2D eigenvalue weighted by Gasteiger charge is -2.35. The summed E-state index contributed by atoms with van der Waals surface area (Å²) in [5, 5.41) is 0. The zero-order valence-corrected chi connectivity index (χ0v) is 35.3. The van der Waals surface area contributed by atoms with Crippen molar-refractivity contribution in [2.75, 3.05) is 4.90 Å². The lowest BCUT2D eigenvalue weighted by molar-refractivity contribution is 0.306. The minimum absolute atomic E-state index is 0.521. The van der Waals surface area contributed by atoms with Gasteiger partial charge in [0, 0.05) is 17.1 Å². The third kappa shape index (κ3) is 7.18. The zero-order chi connectivity index (χ0) is 41.9. The lowest BCUT2D eigenvalue weighted by atomic mass is 9.67. The Morgan fingerprint density at radius 3 is 1.50 bits per heavy atom. The highest BCUT2D eigenvalue weighted by Gasteiger charge is 2.46. The molecule has 300 valence electrons. The van der Waals surface area contributed by atoms with Crippen molar-refractivity contribution in [3.8, 4) is 39.1 Å². The second-order valence-electron chi connectivity index (χ2n) is 16.4. The molecule has 1 aliphatic rings. The Morgan fingerprint density at radius 2 is 0.919 bits per heavy atom. The molecule has 9 aromatic carbocycles. The maximum atomic E-state index is 6.43. The van der Waals surface area contributed by atoms with E-state index in [1.54, 1.807) is 0 Å². The monoisotopic (exact) mass is 799 g/mol. The number of ether oxygens (including phenoxy) is 1. The van der Waals surface area contributed by atoms with Gasteiger partial charge in [0.25, 0.3) is 0 Å². The SMILES string of the molecule is CCC(C)c1ccc(COc2ccc(C3(c4ccccc4)c4ccccc4-c4ccc(N(c5ccc(-c6ccccc6)cc5)c5ccc(-c6ccccc6)cc5)cc43)cc2)cc1. The van der Waals surface area contributed by atoms with Gasteiger partial charge in [-0.3, -0.25) is 0 Å². The van der Waals surface area contributed by atoms with Crippen molar-refractivity contribution < 1.29 is 4.74 Å². The molecule has 0 aromatic heterocycles. The molecule has 2 nitrogen and oxygen atoms in total. The van der Waals surface area contributed by atoms with Crippen LogP contribution in [0.4, 0.5) is 17.1 Å². The Morgan fingerprint density at radius 1 is 0.435 bits per heavy atom. The summed E-state index contributed by atoms with van der Waals surface area (Å²) < 4.78 is 6.43. The molecule has 2 atom stereocenters. The molecule has 0 fully saturated rings. The maximum absolute atomic E-state index is 6.43. The van der Waals surface area contributed by atoms with Crippen molar-refractivity contribution in [3.05, 3.63) is 264 Å². The third-order valence-electron chi connectivity index (χ3n) is 12.8. The third-order valence-corrected chi connectivity index (χ3v) is 12.8. The summed E-state index contributed by atoms with van der Waals surface area (Å²) >= 11 is 0. The fourth-order valence-corrected chi connectivity index (χ4v) is 9.34. The summed E-state index contributed by atoms with van der Waals surface area (Å²) in [6.45, 7) is 5.04. The van der Waals surface area contributed by atoms with Crippen LogP contribution in [0, 0.1) is 0 Å². The van der Waals surface area contributed by atoms with Gasteiger partial charge in [-0.15, -0.1) is 0 Å². The van der Waals surface area contributed by atoms with Crippen LogP contribution >= 0.6 is 0 Å². The number of hydrogen-bond donors (Lipinski definition) is 0. The summed E-state index contributed by atoms with van der Waals surface area (Å²) in [4.78, 5) is 2.40. The van der Waals surface area contributed by atoms with Crippen molar-refractivity contribution in [2.45, 2.75) is 38.2 Å². The molecule has 0 spiro atoms. The van der Waals surface area contributed by atoms with E-state index in [2.05, 4.69) is 249 Å².